The first-order chi connectivity index (χ1) is 10.2. The maximum Gasteiger partial charge on any atom is 0.243 e. The zero-order valence-corrected chi connectivity index (χ0v) is 13.1. The van der Waals surface area contributed by atoms with Gasteiger partial charge in [0.1, 0.15) is 0 Å². The van der Waals surface area contributed by atoms with Crippen molar-refractivity contribution in [2.75, 3.05) is 13.1 Å². The molecule has 6 heteroatoms. The summed E-state index contributed by atoms with van der Waals surface area (Å²) in [7, 11) is -3.33. The summed E-state index contributed by atoms with van der Waals surface area (Å²) in [4.78, 5) is 4.69. The largest absolute Gasteiger partial charge is 0.256 e. The van der Waals surface area contributed by atoms with Crippen LogP contribution in [0.25, 0.3) is 0 Å². The van der Waals surface area contributed by atoms with Crippen molar-refractivity contribution in [2.24, 2.45) is 4.99 Å². The molecule has 2 aromatic rings. The number of thiophene rings is 1. The van der Waals surface area contributed by atoms with Crippen molar-refractivity contribution in [3.8, 4) is 0 Å². The summed E-state index contributed by atoms with van der Waals surface area (Å²) < 4.78 is 26.3. The summed E-state index contributed by atoms with van der Waals surface area (Å²) in [5.41, 5.74) is 1.80. The summed E-state index contributed by atoms with van der Waals surface area (Å²) >= 11 is 1.62. The van der Waals surface area contributed by atoms with Gasteiger partial charge in [-0.25, -0.2) is 8.42 Å². The van der Waals surface area contributed by atoms with Gasteiger partial charge in [0, 0.05) is 24.9 Å². The molecule has 0 bridgehead atoms. The Morgan fingerprint density at radius 3 is 2.43 bits per heavy atom. The first-order valence-electron chi connectivity index (χ1n) is 6.83. The van der Waals surface area contributed by atoms with Crippen LogP contribution in [0.1, 0.15) is 18.4 Å². The van der Waals surface area contributed by atoms with Gasteiger partial charge in [-0.3, -0.25) is 4.99 Å². The maximum absolute atomic E-state index is 12.4. The molecule has 0 saturated carbocycles. The monoisotopic (exact) mass is 320 g/mol. The lowest BCUT2D eigenvalue weighted by Gasteiger charge is -2.15. The molecule has 2 heterocycles. The van der Waals surface area contributed by atoms with Gasteiger partial charge in [-0.05, 0) is 53.9 Å². The van der Waals surface area contributed by atoms with Crippen LogP contribution in [0.2, 0.25) is 0 Å². The van der Waals surface area contributed by atoms with E-state index in [0.29, 0.717) is 18.0 Å². The Morgan fingerprint density at radius 1 is 1.10 bits per heavy atom. The quantitative estimate of drug-likeness (QED) is 0.812. The first kappa shape index (κ1) is 14.4. The number of nitrogens with zero attached hydrogens (tertiary/aromatic N) is 2. The number of hydrogen-bond donors (Lipinski definition) is 0. The van der Waals surface area contributed by atoms with Crippen LogP contribution in [0.3, 0.4) is 0 Å². The SMILES string of the molecule is O=S(=O)(c1ccc(N=Cc2ccsc2)cc1)N1CCCC1. The Bertz CT molecular complexity index is 714. The zero-order valence-electron chi connectivity index (χ0n) is 11.5. The average molecular weight is 320 g/mol. The molecule has 1 fully saturated rings. The summed E-state index contributed by atoms with van der Waals surface area (Å²) in [5.74, 6) is 0. The summed E-state index contributed by atoms with van der Waals surface area (Å²) in [6.45, 7) is 1.25. The lowest BCUT2D eigenvalue weighted by Crippen LogP contribution is -2.27. The standard InChI is InChI=1S/C15H16N2O2S2/c18-21(19,17-8-1-2-9-17)15-5-3-14(4-6-15)16-11-13-7-10-20-12-13/h3-7,10-12H,1-2,8-9H2. The second-order valence-electron chi connectivity index (χ2n) is 4.92. The average Bonchev–Trinajstić information content (AvgIpc) is 3.19. The molecule has 21 heavy (non-hydrogen) atoms. The fourth-order valence-corrected chi connectivity index (χ4v) is 4.41. The van der Waals surface area contributed by atoms with E-state index < -0.39 is 10.0 Å². The lowest BCUT2D eigenvalue weighted by atomic mass is 10.3. The van der Waals surface area contributed by atoms with E-state index in [2.05, 4.69) is 4.99 Å². The Balaban J connectivity index is 1.77. The zero-order chi connectivity index (χ0) is 14.7. The van der Waals surface area contributed by atoms with Crippen LogP contribution in [0.5, 0.6) is 0 Å². The fraction of sp³-hybridized carbons (Fsp3) is 0.267. The molecule has 1 aliphatic rings. The van der Waals surface area contributed by atoms with E-state index in [-0.39, 0.29) is 0 Å². The molecular formula is C15H16N2O2S2. The molecule has 0 aliphatic carbocycles. The van der Waals surface area contributed by atoms with E-state index in [0.717, 1.165) is 24.1 Å². The van der Waals surface area contributed by atoms with Crippen molar-refractivity contribution in [2.45, 2.75) is 17.7 Å². The highest BCUT2D eigenvalue weighted by Crippen LogP contribution is 2.23. The molecule has 0 N–H and O–H groups in total. The van der Waals surface area contributed by atoms with Crippen LogP contribution in [0.15, 0.2) is 51.0 Å². The van der Waals surface area contributed by atoms with Gasteiger partial charge in [-0.2, -0.15) is 15.6 Å². The Kier molecular flexibility index (Phi) is 4.19. The van der Waals surface area contributed by atoms with Crippen LogP contribution < -0.4 is 0 Å². The highest BCUT2D eigenvalue weighted by molar-refractivity contribution is 7.89. The molecule has 110 valence electrons. The number of sulfonamides is 1. The minimum atomic E-state index is -3.33. The van der Waals surface area contributed by atoms with E-state index >= 15 is 0 Å². The van der Waals surface area contributed by atoms with Crippen LogP contribution >= 0.6 is 11.3 Å². The molecule has 3 rings (SSSR count). The third kappa shape index (κ3) is 3.23. The minimum Gasteiger partial charge on any atom is -0.256 e. The van der Waals surface area contributed by atoms with E-state index in [4.69, 9.17) is 0 Å². The van der Waals surface area contributed by atoms with Crippen molar-refractivity contribution < 1.29 is 8.42 Å². The van der Waals surface area contributed by atoms with Gasteiger partial charge in [0.05, 0.1) is 10.6 Å². The first-order valence-corrected chi connectivity index (χ1v) is 9.21. The van der Waals surface area contributed by atoms with E-state index in [1.54, 1.807) is 46.1 Å². The smallest absolute Gasteiger partial charge is 0.243 e. The predicted molar refractivity (Wildman–Crippen MR) is 86.0 cm³/mol. The van der Waals surface area contributed by atoms with Crippen molar-refractivity contribution >= 4 is 33.3 Å². The molecular weight excluding hydrogens is 304 g/mol. The number of hydrogen-bond acceptors (Lipinski definition) is 4. The van der Waals surface area contributed by atoms with Gasteiger partial charge >= 0.3 is 0 Å². The topological polar surface area (TPSA) is 49.7 Å². The number of aliphatic imine (C=N–C) groups is 1. The highest BCUT2D eigenvalue weighted by Gasteiger charge is 2.26. The van der Waals surface area contributed by atoms with Crippen LogP contribution in [-0.2, 0) is 10.0 Å². The molecule has 0 amide bonds. The molecule has 0 unspecified atom stereocenters. The Morgan fingerprint density at radius 2 is 1.81 bits per heavy atom. The predicted octanol–water partition coefficient (Wildman–Crippen LogP) is 3.28. The number of rotatable bonds is 4. The van der Waals surface area contributed by atoms with Crippen molar-refractivity contribution in [1.82, 2.24) is 4.31 Å². The third-order valence-electron chi connectivity index (χ3n) is 3.45. The molecule has 1 aromatic heterocycles. The molecule has 1 aliphatic heterocycles. The second kappa shape index (κ2) is 6.09. The van der Waals surface area contributed by atoms with Gasteiger partial charge in [0.25, 0.3) is 0 Å². The molecule has 4 nitrogen and oxygen atoms in total. The van der Waals surface area contributed by atoms with Gasteiger partial charge in [0.2, 0.25) is 10.0 Å². The molecule has 0 spiro atoms. The summed E-state index contributed by atoms with van der Waals surface area (Å²) in [5, 5.41) is 4.00. The van der Waals surface area contributed by atoms with Crippen LogP contribution in [0, 0.1) is 0 Å². The maximum atomic E-state index is 12.4. The molecule has 1 saturated heterocycles. The highest BCUT2D eigenvalue weighted by atomic mass is 32.2. The van der Waals surface area contributed by atoms with Gasteiger partial charge in [-0.15, -0.1) is 0 Å². The van der Waals surface area contributed by atoms with E-state index in [1.165, 1.54) is 0 Å². The lowest BCUT2D eigenvalue weighted by molar-refractivity contribution is 0.477. The van der Waals surface area contributed by atoms with Crippen molar-refractivity contribution in [3.63, 3.8) is 0 Å². The summed E-state index contributed by atoms with van der Waals surface area (Å²) in [6, 6.07) is 8.74. The fourth-order valence-electron chi connectivity index (χ4n) is 2.28. The van der Waals surface area contributed by atoms with E-state index in [1.807, 2.05) is 16.8 Å². The Labute approximate surface area is 128 Å². The van der Waals surface area contributed by atoms with Crippen molar-refractivity contribution in [1.29, 1.82) is 0 Å². The number of benzene rings is 1. The second-order valence-corrected chi connectivity index (χ2v) is 7.64. The third-order valence-corrected chi connectivity index (χ3v) is 6.06. The summed E-state index contributed by atoms with van der Waals surface area (Å²) in [6.07, 6.45) is 3.67. The van der Waals surface area contributed by atoms with Gasteiger partial charge in [-0.1, -0.05) is 0 Å². The van der Waals surface area contributed by atoms with E-state index in [9.17, 15) is 8.42 Å². The molecule has 0 radical (unpaired) electrons. The minimum absolute atomic E-state index is 0.346. The van der Waals surface area contributed by atoms with Crippen molar-refractivity contribution in [3.05, 3.63) is 46.7 Å². The molecule has 0 atom stereocenters. The molecule has 1 aromatic carbocycles. The van der Waals surface area contributed by atoms with Gasteiger partial charge < -0.3 is 0 Å². The Hall–Kier alpha value is -1.50. The normalized spacial score (nSPS) is 16.8. The van der Waals surface area contributed by atoms with Crippen LogP contribution in [-0.4, -0.2) is 32.0 Å². The van der Waals surface area contributed by atoms with Crippen LogP contribution in [0.4, 0.5) is 5.69 Å². The van der Waals surface area contributed by atoms with Gasteiger partial charge in [0.15, 0.2) is 0 Å².